The van der Waals surface area contributed by atoms with Crippen molar-refractivity contribution in [2.45, 2.75) is 39.7 Å². The van der Waals surface area contributed by atoms with E-state index in [0.29, 0.717) is 0 Å². The summed E-state index contributed by atoms with van der Waals surface area (Å²) in [7, 11) is 2.31. The van der Waals surface area contributed by atoms with Crippen molar-refractivity contribution < 1.29 is 0 Å². The second-order valence-electron chi connectivity index (χ2n) is 5.76. The average molecular weight is 305 g/mol. The van der Waals surface area contributed by atoms with Crippen LogP contribution < -0.4 is 0 Å². The Hall–Kier alpha value is 0.400. The second kappa shape index (κ2) is 7.75. The molecular formula is C14H29BrN2. The van der Waals surface area contributed by atoms with Crippen molar-refractivity contribution in [2.24, 2.45) is 11.8 Å². The van der Waals surface area contributed by atoms with Crippen molar-refractivity contribution >= 4 is 15.9 Å². The highest BCUT2D eigenvalue weighted by Crippen LogP contribution is 2.20. The number of piperidine rings is 1. The van der Waals surface area contributed by atoms with Gasteiger partial charge in [-0.15, -0.1) is 0 Å². The Morgan fingerprint density at radius 3 is 2.29 bits per heavy atom. The smallest absolute Gasteiger partial charge is 0.0117 e. The second-order valence-corrected chi connectivity index (χ2v) is 6.41. The quantitative estimate of drug-likeness (QED) is 0.696. The van der Waals surface area contributed by atoms with Crippen molar-refractivity contribution in [1.82, 2.24) is 9.80 Å². The third-order valence-electron chi connectivity index (χ3n) is 4.29. The molecule has 102 valence electrons. The Bertz CT molecular complexity index is 200. The summed E-state index contributed by atoms with van der Waals surface area (Å²) < 4.78 is 0. The number of hydrogen-bond donors (Lipinski definition) is 0. The fourth-order valence-electron chi connectivity index (χ4n) is 2.63. The Morgan fingerprint density at radius 2 is 1.88 bits per heavy atom. The predicted molar refractivity (Wildman–Crippen MR) is 79.9 cm³/mol. The largest absolute Gasteiger partial charge is 0.303 e. The van der Waals surface area contributed by atoms with Crippen LogP contribution in [0, 0.1) is 11.8 Å². The van der Waals surface area contributed by atoms with E-state index in [1.165, 1.54) is 39.0 Å². The van der Waals surface area contributed by atoms with Crippen molar-refractivity contribution in [3.8, 4) is 0 Å². The summed E-state index contributed by atoms with van der Waals surface area (Å²) in [5.74, 6) is 1.55. The standard InChI is InChI=1S/C14H29BrN2/c1-5-17-8-6-14(7-9-17)16(4)11-13(10-15)12(2)3/h12-14H,5-11H2,1-4H3. The Morgan fingerprint density at radius 1 is 1.29 bits per heavy atom. The van der Waals surface area contributed by atoms with E-state index in [2.05, 4.69) is 53.5 Å². The highest BCUT2D eigenvalue weighted by atomic mass is 79.9. The normalized spacial score (nSPS) is 21.4. The summed E-state index contributed by atoms with van der Waals surface area (Å²) in [6, 6.07) is 0.804. The van der Waals surface area contributed by atoms with Crippen LogP contribution in [0.25, 0.3) is 0 Å². The molecule has 0 spiro atoms. The zero-order valence-electron chi connectivity index (χ0n) is 12.0. The van der Waals surface area contributed by atoms with E-state index in [1.54, 1.807) is 0 Å². The van der Waals surface area contributed by atoms with Gasteiger partial charge in [-0.25, -0.2) is 0 Å². The molecule has 0 aliphatic carbocycles. The van der Waals surface area contributed by atoms with Crippen LogP contribution in [0.4, 0.5) is 0 Å². The zero-order valence-corrected chi connectivity index (χ0v) is 13.5. The van der Waals surface area contributed by atoms with Crippen molar-refractivity contribution in [3.05, 3.63) is 0 Å². The van der Waals surface area contributed by atoms with E-state index < -0.39 is 0 Å². The van der Waals surface area contributed by atoms with E-state index in [-0.39, 0.29) is 0 Å². The minimum atomic E-state index is 0.771. The molecule has 0 N–H and O–H groups in total. The maximum absolute atomic E-state index is 3.65. The first kappa shape index (κ1) is 15.5. The molecule has 0 aromatic carbocycles. The maximum Gasteiger partial charge on any atom is 0.0117 e. The summed E-state index contributed by atoms with van der Waals surface area (Å²) in [4.78, 5) is 5.16. The molecule has 1 saturated heterocycles. The number of halogens is 1. The molecule has 1 aliphatic rings. The van der Waals surface area contributed by atoms with E-state index in [9.17, 15) is 0 Å². The molecule has 0 amide bonds. The molecule has 2 nitrogen and oxygen atoms in total. The lowest BCUT2D eigenvalue weighted by Crippen LogP contribution is -2.45. The summed E-state index contributed by atoms with van der Waals surface area (Å²) in [5, 5.41) is 1.13. The molecule has 0 aromatic heterocycles. The summed E-state index contributed by atoms with van der Waals surface area (Å²) in [6.07, 6.45) is 2.69. The molecule has 17 heavy (non-hydrogen) atoms. The van der Waals surface area contributed by atoms with Gasteiger partial charge in [0.1, 0.15) is 0 Å². The lowest BCUT2D eigenvalue weighted by atomic mass is 9.95. The molecule has 1 fully saturated rings. The Kier molecular flexibility index (Phi) is 7.05. The molecule has 3 heteroatoms. The lowest BCUT2D eigenvalue weighted by molar-refractivity contribution is 0.114. The topological polar surface area (TPSA) is 6.48 Å². The summed E-state index contributed by atoms with van der Waals surface area (Å²) >= 11 is 3.65. The third kappa shape index (κ3) is 4.88. The van der Waals surface area contributed by atoms with Crippen LogP contribution in [0.3, 0.4) is 0 Å². The molecule has 1 atom stereocenters. The summed E-state index contributed by atoms with van der Waals surface area (Å²) in [6.45, 7) is 12.0. The van der Waals surface area contributed by atoms with Gasteiger partial charge in [-0.1, -0.05) is 36.7 Å². The first-order chi connectivity index (χ1) is 8.08. The van der Waals surface area contributed by atoms with Gasteiger partial charge in [0.15, 0.2) is 0 Å². The van der Waals surface area contributed by atoms with E-state index in [1.807, 2.05) is 0 Å². The molecule has 0 bridgehead atoms. The molecule has 0 radical (unpaired) electrons. The van der Waals surface area contributed by atoms with Gasteiger partial charge in [0.05, 0.1) is 0 Å². The van der Waals surface area contributed by atoms with Gasteiger partial charge in [0, 0.05) is 17.9 Å². The van der Waals surface area contributed by atoms with E-state index in [0.717, 1.165) is 23.2 Å². The molecule has 1 unspecified atom stereocenters. The lowest BCUT2D eigenvalue weighted by Gasteiger charge is -2.38. The molecule has 1 rings (SSSR count). The highest BCUT2D eigenvalue weighted by Gasteiger charge is 2.24. The Labute approximate surface area is 116 Å². The maximum atomic E-state index is 3.65. The minimum Gasteiger partial charge on any atom is -0.303 e. The van der Waals surface area contributed by atoms with Gasteiger partial charge in [-0.3, -0.25) is 0 Å². The highest BCUT2D eigenvalue weighted by molar-refractivity contribution is 9.09. The number of hydrogen-bond acceptors (Lipinski definition) is 2. The fraction of sp³-hybridized carbons (Fsp3) is 1.00. The number of rotatable bonds is 6. The van der Waals surface area contributed by atoms with Gasteiger partial charge < -0.3 is 9.80 Å². The van der Waals surface area contributed by atoms with Crippen LogP contribution in [-0.4, -0.2) is 54.4 Å². The molecule has 1 aliphatic heterocycles. The predicted octanol–water partition coefficient (Wildman–Crippen LogP) is 3.07. The number of nitrogens with zero attached hydrogens (tertiary/aromatic N) is 2. The number of alkyl halides is 1. The van der Waals surface area contributed by atoms with Crippen LogP contribution in [0.15, 0.2) is 0 Å². The van der Waals surface area contributed by atoms with Crippen LogP contribution in [0.5, 0.6) is 0 Å². The number of likely N-dealkylation sites (tertiary alicyclic amines) is 1. The third-order valence-corrected chi connectivity index (χ3v) is 5.12. The first-order valence-electron chi connectivity index (χ1n) is 7.07. The average Bonchev–Trinajstić information content (AvgIpc) is 2.35. The van der Waals surface area contributed by atoms with Gasteiger partial charge in [0.25, 0.3) is 0 Å². The Balaban J connectivity index is 2.35. The molecular weight excluding hydrogens is 276 g/mol. The van der Waals surface area contributed by atoms with Crippen LogP contribution in [0.1, 0.15) is 33.6 Å². The van der Waals surface area contributed by atoms with Crippen molar-refractivity contribution in [3.63, 3.8) is 0 Å². The van der Waals surface area contributed by atoms with Gasteiger partial charge in [-0.05, 0) is 51.4 Å². The van der Waals surface area contributed by atoms with Crippen LogP contribution in [0.2, 0.25) is 0 Å². The molecule has 0 saturated carbocycles. The summed E-state index contributed by atoms with van der Waals surface area (Å²) in [5.41, 5.74) is 0. The van der Waals surface area contributed by atoms with Gasteiger partial charge in [-0.2, -0.15) is 0 Å². The van der Waals surface area contributed by atoms with Crippen molar-refractivity contribution in [2.75, 3.05) is 38.6 Å². The van der Waals surface area contributed by atoms with E-state index >= 15 is 0 Å². The van der Waals surface area contributed by atoms with Gasteiger partial charge in [0.2, 0.25) is 0 Å². The zero-order chi connectivity index (χ0) is 12.8. The monoisotopic (exact) mass is 304 g/mol. The van der Waals surface area contributed by atoms with E-state index in [4.69, 9.17) is 0 Å². The fourth-order valence-corrected chi connectivity index (χ4v) is 3.59. The first-order valence-corrected chi connectivity index (χ1v) is 8.19. The molecule has 1 heterocycles. The minimum absolute atomic E-state index is 0.771. The SMILES string of the molecule is CCN1CCC(N(C)CC(CBr)C(C)C)CC1. The van der Waals surface area contributed by atoms with Crippen molar-refractivity contribution in [1.29, 1.82) is 0 Å². The van der Waals surface area contributed by atoms with Gasteiger partial charge >= 0.3 is 0 Å². The van der Waals surface area contributed by atoms with Crippen LogP contribution >= 0.6 is 15.9 Å². The molecule has 0 aromatic rings. The van der Waals surface area contributed by atoms with Crippen LogP contribution in [-0.2, 0) is 0 Å².